The van der Waals surface area contributed by atoms with Gasteiger partial charge in [-0.2, -0.15) is 4.98 Å². The van der Waals surface area contributed by atoms with E-state index in [4.69, 9.17) is 0 Å². The third-order valence-corrected chi connectivity index (χ3v) is 4.15. The Kier molecular flexibility index (Phi) is 3.78. The predicted molar refractivity (Wildman–Crippen MR) is 96.5 cm³/mol. The topological polar surface area (TPSA) is 70.1 Å². The third kappa shape index (κ3) is 3.16. The van der Waals surface area contributed by atoms with Crippen molar-refractivity contribution in [3.63, 3.8) is 0 Å². The maximum absolute atomic E-state index is 9.74. The average molecular weight is 320 g/mol. The third-order valence-electron chi connectivity index (χ3n) is 4.15. The Morgan fingerprint density at radius 1 is 1.08 bits per heavy atom. The second kappa shape index (κ2) is 6.09. The highest BCUT2D eigenvalue weighted by molar-refractivity contribution is 5.90. The van der Waals surface area contributed by atoms with E-state index >= 15 is 0 Å². The minimum Gasteiger partial charge on any atom is -0.389 e. The Morgan fingerprint density at radius 3 is 2.71 bits per heavy atom. The molecular weight excluding hydrogens is 300 g/mol. The van der Waals surface area contributed by atoms with Crippen LogP contribution in [0.25, 0.3) is 10.9 Å². The van der Waals surface area contributed by atoms with Gasteiger partial charge in [-0.05, 0) is 49.6 Å². The van der Waals surface area contributed by atoms with Gasteiger partial charge in [0.1, 0.15) is 5.82 Å². The summed E-state index contributed by atoms with van der Waals surface area (Å²) in [7, 11) is 0. The fourth-order valence-electron chi connectivity index (χ4n) is 2.67. The highest BCUT2D eigenvalue weighted by atomic mass is 16.3. The molecule has 0 bridgehead atoms. The summed E-state index contributed by atoms with van der Waals surface area (Å²) in [5.74, 6) is 1.43. The number of nitrogens with one attached hydrogen (secondary N) is 2. The van der Waals surface area contributed by atoms with Crippen LogP contribution in [-0.4, -0.2) is 21.1 Å². The standard InChI is InChI=1S/C19H20N4O/c1-12(24)13-5-4-6-15(11-13)21-19-22-17-8-3-2-7-16(17)18(23-19)20-14-9-10-14/h2-8,11-12,14,24H,9-10H2,1H3,(H2,20,21,22,23). The molecule has 3 aromatic rings. The van der Waals surface area contributed by atoms with E-state index in [2.05, 4.69) is 20.6 Å². The number of aliphatic hydroxyl groups is 1. The van der Waals surface area contributed by atoms with Crippen LogP contribution in [0, 0.1) is 0 Å². The molecule has 24 heavy (non-hydrogen) atoms. The van der Waals surface area contributed by atoms with Crippen molar-refractivity contribution in [2.45, 2.75) is 31.9 Å². The van der Waals surface area contributed by atoms with E-state index in [0.29, 0.717) is 12.0 Å². The number of hydrogen-bond acceptors (Lipinski definition) is 5. The SMILES string of the molecule is CC(O)c1cccc(Nc2nc(NC3CC3)c3ccccc3n2)c1. The van der Waals surface area contributed by atoms with Crippen molar-refractivity contribution in [1.82, 2.24) is 9.97 Å². The lowest BCUT2D eigenvalue weighted by Gasteiger charge is -2.12. The zero-order valence-corrected chi connectivity index (χ0v) is 13.5. The lowest BCUT2D eigenvalue weighted by molar-refractivity contribution is 0.199. The molecule has 0 amide bonds. The molecule has 1 atom stereocenters. The molecule has 0 radical (unpaired) electrons. The predicted octanol–water partition coefficient (Wildman–Crippen LogP) is 4.00. The molecule has 4 rings (SSSR count). The number of hydrogen-bond donors (Lipinski definition) is 3. The summed E-state index contributed by atoms with van der Waals surface area (Å²) in [6.45, 7) is 1.75. The molecule has 5 heteroatoms. The van der Waals surface area contributed by atoms with Gasteiger partial charge in [0, 0.05) is 17.1 Å². The van der Waals surface area contributed by atoms with Crippen LogP contribution >= 0.6 is 0 Å². The second-order valence-corrected chi connectivity index (χ2v) is 6.26. The van der Waals surface area contributed by atoms with Crippen LogP contribution in [0.5, 0.6) is 0 Å². The van der Waals surface area contributed by atoms with Crippen LogP contribution in [0.1, 0.15) is 31.4 Å². The van der Waals surface area contributed by atoms with Crippen LogP contribution in [0.2, 0.25) is 0 Å². The van der Waals surface area contributed by atoms with Crippen LogP contribution in [0.3, 0.4) is 0 Å². The molecule has 1 aromatic heterocycles. The van der Waals surface area contributed by atoms with E-state index in [9.17, 15) is 5.11 Å². The lowest BCUT2D eigenvalue weighted by Crippen LogP contribution is -2.07. The van der Waals surface area contributed by atoms with E-state index in [1.54, 1.807) is 6.92 Å². The van der Waals surface area contributed by atoms with Gasteiger partial charge in [-0.3, -0.25) is 0 Å². The Bertz CT molecular complexity index is 874. The van der Waals surface area contributed by atoms with Crippen molar-refractivity contribution >= 4 is 28.4 Å². The molecule has 2 aromatic carbocycles. The molecule has 1 aliphatic carbocycles. The van der Waals surface area contributed by atoms with E-state index in [-0.39, 0.29) is 0 Å². The van der Waals surface area contributed by atoms with Gasteiger partial charge >= 0.3 is 0 Å². The maximum Gasteiger partial charge on any atom is 0.229 e. The monoisotopic (exact) mass is 320 g/mol. The van der Waals surface area contributed by atoms with E-state index in [1.165, 1.54) is 12.8 Å². The number of benzene rings is 2. The van der Waals surface area contributed by atoms with Gasteiger partial charge in [0.15, 0.2) is 0 Å². The van der Waals surface area contributed by atoms with Crippen molar-refractivity contribution < 1.29 is 5.11 Å². The maximum atomic E-state index is 9.74. The molecule has 1 saturated carbocycles. The zero-order valence-electron chi connectivity index (χ0n) is 13.5. The van der Waals surface area contributed by atoms with Crippen molar-refractivity contribution in [2.24, 2.45) is 0 Å². The fraction of sp³-hybridized carbons (Fsp3) is 0.263. The van der Waals surface area contributed by atoms with Crippen LogP contribution in [0.15, 0.2) is 48.5 Å². The molecule has 1 fully saturated rings. The van der Waals surface area contributed by atoms with Gasteiger partial charge in [0.2, 0.25) is 5.95 Å². The Labute approximate surface area is 140 Å². The Morgan fingerprint density at radius 2 is 1.92 bits per heavy atom. The quantitative estimate of drug-likeness (QED) is 0.663. The smallest absolute Gasteiger partial charge is 0.229 e. The highest BCUT2D eigenvalue weighted by Crippen LogP contribution is 2.29. The minimum atomic E-state index is -0.503. The summed E-state index contributed by atoms with van der Waals surface area (Å²) in [4.78, 5) is 9.26. The lowest BCUT2D eigenvalue weighted by atomic mass is 10.1. The highest BCUT2D eigenvalue weighted by Gasteiger charge is 2.22. The average Bonchev–Trinajstić information content (AvgIpc) is 3.39. The summed E-state index contributed by atoms with van der Waals surface area (Å²) in [5, 5.41) is 17.5. The van der Waals surface area contributed by atoms with Crippen LogP contribution in [-0.2, 0) is 0 Å². The molecule has 1 heterocycles. The minimum absolute atomic E-state index is 0.503. The summed E-state index contributed by atoms with van der Waals surface area (Å²) < 4.78 is 0. The van der Waals surface area contributed by atoms with Gasteiger partial charge in [0.05, 0.1) is 11.6 Å². The molecule has 0 aliphatic heterocycles. The van der Waals surface area contributed by atoms with Gasteiger partial charge < -0.3 is 15.7 Å². The first-order valence-electron chi connectivity index (χ1n) is 8.27. The van der Waals surface area contributed by atoms with Crippen molar-refractivity contribution in [2.75, 3.05) is 10.6 Å². The summed E-state index contributed by atoms with van der Waals surface area (Å²) in [6, 6.07) is 16.2. The number of rotatable bonds is 5. The van der Waals surface area contributed by atoms with Crippen molar-refractivity contribution in [1.29, 1.82) is 0 Å². The summed E-state index contributed by atoms with van der Waals surface area (Å²) in [6.07, 6.45) is 1.88. The van der Waals surface area contributed by atoms with Gasteiger partial charge in [-0.25, -0.2) is 4.98 Å². The van der Waals surface area contributed by atoms with Crippen molar-refractivity contribution in [3.8, 4) is 0 Å². The van der Waals surface area contributed by atoms with Gasteiger partial charge in [-0.1, -0.05) is 24.3 Å². The van der Waals surface area contributed by atoms with Crippen LogP contribution < -0.4 is 10.6 Å². The Balaban J connectivity index is 1.69. The number of fused-ring (bicyclic) bond motifs is 1. The number of anilines is 3. The summed E-state index contributed by atoms with van der Waals surface area (Å²) in [5.41, 5.74) is 2.63. The summed E-state index contributed by atoms with van der Waals surface area (Å²) >= 11 is 0. The van der Waals surface area contributed by atoms with Crippen molar-refractivity contribution in [3.05, 3.63) is 54.1 Å². The molecule has 0 spiro atoms. The first-order chi connectivity index (χ1) is 11.7. The largest absolute Gasteiger partial charge is 0.389 e. The molecule has 122 valence electrons. The van der Waals surface area contributed by atoms with E-state index < -0.39 is 6.10 Å². The molecule has 1 aliphatic rings. The fourth-order valence-corrected chi connectivity index (χ4v) is 2.67. The number of aliphatic hydroxyl groups excluding tert-OH is 1. The van der Waals surface area contributed by atoms with Crippen LogP contribution in [0.4, 0.5) is 17.5 Å². The van der Waals surface area contributed by atoms with E-state index in [0.717, 1.165) is 28.0 Å². The number of para-hydroxylation sites is 1. The first kappa shape index (κ1) is 14.9. The number of nitrogens with zero attached hydrogens (tertiary/aromatic N) is 2. The zero-order chi connectivity index (χ0) is 16.5. The molecule has 0 saturated heterocycles. The normalized spacial score (nSPS) is 15.2. The van der Waals surface area contributed by atoms with Gasteiger partial charge in [-0.15, -0.1) is 0 Å². The van der Waals surface area contributed by atoms with Gasteiger partial charge in [0.25, 0.3) is 0 Å². The first-order valence-corrected chi connectivity index (χ1v) is 8.27. The Hall–Kier alpha value is -2.66. The molecule has 5 nitrogen and oxygen atoms in total. The molecule has 1 unspecified atom stereocenters. The number of aromatic nitrogens is 2. The van der Waals surface area contributed by atoms with E-state index in [1.807, 2.05) is 48.5 Å². The molecule has 3 N–H and O–H groups in total. The molecular formula is C19H20N4O. The second-order valence-electron chi connectivity index (χ2n) is 6.26.